The van der Waals surface area contributed by atoms with Crippen LogP contribution in [0.4, 0.5) is 11.4 Å². The summed E-state index contributed by atoms with van der Waals surface area (Å²) in [6.45, 7) is 7.49. The molecule has 184 valence electrons. The molecule has 1 aliphatic heterocycles. The third-order valence-electron chi connectivity index (χ3n) is 6.06. The predicted octanol–water partition coefficient (Wildman–Crippen LogP) is 3.60. The molecule has 1 amide bonds. The number of benzene rings is 2. The zero-order chi connectivity index (χ0) is 24.8. The van der Waals surface area contributed by atoms with E-state index < -0.39 is 0 Å². The van der Waals surface area contributed by atoms with Crippen molar-refractivity contribution < 1.29 is 18.7 Å². The Morgan fingerprint density at radius 1 is 1.03 bits per heavy atom. The van der Waals surface area contributed by atoms with Gasteiger partial charge in [0, 0.05) is 37.9 Å². The molecule has 0 aliphatic carbocycles. The minimum Gasteiger partial charge on any atom is -0.495 e. The van der Waals surface area contributed by atoms with E-state index in [1.807, 2.05) is 50.2 Å². The summed E-state index contributed by atoms with van der Waals surface area (Å²) in [6.07, 6.45) is 1.29. The number of aryl methyl sites for hydroxylation is 2. The first-order chi connectivity index (χ1) is 16.9. The Bertz CT molecular complexity index is 1230. The molecule has 4 rings (SSSR count). The molecule has 1 aliphatic rings. The second-order valence-electron chi connectivity index (χ2n) is 8.67. The molecule has 1 aromatic heterocycles. The quantitative estimate of drug-likeness (QED) is 0.531. The van der Waals surface area contributed by atoms with E-state index in [4.69, 9.17) is 13.9 Å². The number of carbonyl (C=O) groups is 1. The molecule has 0 saturated carbocycles. The molecule has 0 bridgehead atoms. The standard InChI is InChI=1S/C27H31N3O5/c1-19-8-9-20(2)22(14-19)28-27(32)18-35-26-17-34-21(15-24(26)31)16-29-10-12-30(13-11-29)23-6-4-5-7-25(23)33-3/h4-9,14-15,17H,10-13,16,18H2,1-3H3,(H,28,32). The van der Waals surface area contributed by atoms with Crippen molar-refractivity contribution in [2.24, 2.45) is 0 Å². The monoisotopic (exact) mass is 477 g/mol. The fourth-order valence-corrected chi connectivity index (χ4v) is 4.09. The van der Waals surface area contributed by atoms with Crippen LogP contribution < -0.4 is 25.1 Å². The van der Waals surface area contributed by atoms with E-state index in [0.29, 0.717) is 12.3 Å². The summed E-state index contributed by atoms with van der Waals surface area (Å²) >= 11 is 0. The number of hydrogen-bond acceptors (Lipinski definition) is 7. The maximum Gasteiger partial charge on any atom is 0.262 e. The van der Waals surface area contributed by atoms with Crippen LogP contribution in [0.1, 0.15) is 16.9 Å². The Morgan fingerprint density at radius 3 is 2.54 bits per heavy atom. The number of rotatable bonds is 8. The van der Waals surface area contributed by atoms with E-state index in [1.54, 1.807) is 7.11 Å². The van der Waals surface area contributed by atoms with Gasteiger partial charge in [-0.1, -0.05) is 24.3 Å². The molecule has 1 N–H and O–H groups in total. The number of carbonyl (C=O) groups excluding carboxylic acids is 1. The molecule has 0 unspecified atom stereocenters. The van der Waals surface area contributed by atoms with Gasteiger partial charge in [0.1, 0.15) is 17.8 Å². The van der Waals surface area contributed by atoms with Gasteiger partial charge in [0.15, 0.2) is 6.61 Å². The minimum atomic E-state index is -0.338. The van der Waals surface area contributed by atoms with E-state index in [2.05, 4.69) is 21.2 Å². The Balaban J connectivity index is 1.28. The van der Waals surface area contributed by atoms with Crippen molar-refractivity contribution in [3.05, 3.63) is 81.9 Å². The molecular formula is C27H31N3O5. The lowest BCUT2D eigenvalue weighted by Crippen LogP contribution is -2.46. The average Bonchev–Trinajstić information content (AvgIpc) is 2.86. The lowest BCUT2D eigenvalue weighted by atomic mass is 10.1. The highest BCUT2D eigenvalue weighted by atomic mass is 16.5. The molecule has 8 heteroatoms. The number of anilines is 2. The zero-order valence-electron chi connectivity index (χ0n) is 20.4. The Kier molecular flexibility index (Phi) is 7.72. The third-order valence-corrected chi connectivity index (χ3v) is 6.06. The first-order valence-corrected chi connectivity index (χ1v) is 11.6. The fourth-order valence-electron chi connectivity index (χ4n) is 4.09. The summed E-state index contributed by atoms with van der Waals surface area (Å²) in [5.41, 5.74) is 3.51. The van der Waals surface area contributed by atoms with Crippen LogP contribution in [-0.2, 0) is 11.3 Å². The maximum atomic E-state index is 12.5. The van der Waals surface area contributed by atoms with Gasteiger partial charge >= 0.3 is 0 Å². The largest absolute Gasteiger partial charge is 0.495 e. The summed E-state index contributed by atoms with van der Waals surface area (Å²) in [6, 6.07) is 15.3. The smallest absolute Gasteiger partial charge is 0.262 e. The van der Waals surface area contributed by atoms with Gasteiger partial charge in [0.05, 0.1) is 19.3 Å². The molecule has 3 aromatic rings. The van der Waals surface area contributed by atoms with Gasteiger partial charge in [0.2, 0.25) is 11.2 Å². The van der Waals surface area contributed by atoms with Crippen molar-refractivity contribution >= 4 is 17.3 Å². The number of piperazine rings is 1. The molecule has 1 fully saturated rings. The summed E-state index contributed by atoms with van der Waals surface area (Å²) in [7, 11) is 1.68. The molecule has 0 atom stereocenters. The normalized spacial score (nSPS) is 14.0. The molecular weight excluding hydrogens is 446 g/mol. The molecule has 1 saturated heterocycles. The van der Waals surface area contributed by atoms with Gasteiger partial charge in [0.25, 0.3) is 5.91 Å². The SMILES string of the molecule is COc1ccccc1N1CCN(Cc2cc(=O)c(OCC(=O)Nc3cc(C)ccc3C)co2)CC1. The van der Waals surface area contributed by atoms with Gasteiger partial charge in [-0.25, -0.2) is 0 Å². The van der Waals surface area contributed by atoms with Crippen LogP contribution in [-0.4, -0.2) is 50.7 Å². The fraction of sp³-hybridized carbons (Fsp3) is 0.333. The number of amides is 1. The van der Waals surface area contributed by atoms with Crippen molar-refractivity contribution in [3.8, 4) is 11.5 Å². The molecule has 2 aromatic carbocycles. The second kappa shape index (κ2) is 11.1. The average molecular weight is 478 g/mol. The molecule has 8 nitrogen and oxygen atoms in total. The van der Waals surface area contributed by atoms with Crippen molar-refractivity contribution in [2.45, 2.75) is 20.4 Å². The van der Waals surface area contributed by atoms with Gasteiger partial charge in [-0.2, -0.15) is 0 Å². The van der Waals surface area contributed by atoms with Crippen LogP contribution in [0.2, 0.25) is 0 Å². The summed E-state index contributed by atoms with van der Waals surface area (Å²) < 4.78 is 16.5. The number of para-hydroxylation sites is 2. The maximum absolute atomic E-state index is 12.5. The van der Waals surface area contributed by atoms with Gasteiger partial charge in [-0.15, -0.1) is 0 Å². The van der Waals surface area contributed by atoms with Crippen molar-refractivity contribution in [1.29, 1.82) is 0 Å². The van der Waals surface area contributed by atoms with E-state index in [-0.39, 0.29) is 23.7 Å². The first-order valence-electron chi connectivity index (χ1n) is 11.6. The molecule has 35 heavy (non-hydrogen) atoms. The van der Waals surface area contributed by atoms with Crippen molar-refractivity contribution in [3.63, 3.8) is 0 Å². The Labute approximate surface area is 205 Å². The second-order valence-corrected chi connectivity index (χ2v) is 8.67. The van der Waals surface area contributed by atoms with E-state index in [0.717, 1.165) is 54.4 Å². The zero-order valence-corrected chi connectivity index (χ0v) is 20.4. The highest BCUT2D eigenvalue weighted by molar-refractivity contribution is 5.92. The van der Waals surface area contributed by atoms with Crippen LogP contribution in [0.15, 0.2) is 64.0 Å². The molecule has 0 spiro atoms. The van der Waals surface area contributed by atoms with Crippen LogP contribution in [0.5, 0.6) is 11.5 Å². The number of methoxy groups -OCH3 is 1. The number of nitrogens with zero attached hydrogens (tertiary/aromatic N) is 2. The lowest BCUT2D eigenvalue weighted by molar-refractivity contribution is -0.118. The van der Waals surface area contributed by atoms with E-state index >= 15 is 0 Å². The van der Waals surface area contributed by atoms with Crippen molar-refractivity contribution in [1.82, 2.24) is 4.90 Å². The minimum absolute atomic E-state index is 0.0193. The molecule has 0 radical (unpaired) electrons. The highest BCUT2D eigenvalue weighted by Crippen LogP contribution is 2.28. The Morgan fingerprint density at radius 2 is 1.80 bits per heavy atom. The topological polar surface area (TPSA) is 84.2 Å². The molecule has 2 heterocycles. The number of hydrogen-bond donors (Lipinski definition) is 1. The summed E-state index contributed by atoms with van der Waals surface area (Å²) in [5, 5.41) is 2.81. The number of ether oxygens (including phenoxy) is 2. The predicted molar refractivity (Wildman–Crippen MR) is 136 cm³/mol. The van der Waals surface area contributed by atoms with Gasteiger partial charge in [-0.3, -0.25) is 14.5 Å². The van der Waals surface area contributed by atoms with E-state index in [1.165, 1.54) is 12.3 Å². The third kappa shape index (κ3) is 6.22. The number of nitrogens with one attached hydrogen (secondary N) is 1. The first kappa shape index (κ1) is 24.3. The van der Waals surface area contributed by atoms with Gasteiger partial charge in [-0.05, 0) is 43.2 Å². The highest BCUT2D eigenvalue weighted by Gasteiger charge is 2.20. The van der Waals surface area contributed by atoms with E-state index in [9.17, 15) is 9.59 Å². The Hall–Kier alpha value is -3.78. The van der Waals surface area contributed by atoms with Crippen LogP contribution >= 0.6 is 0 Å². The van der Waals surface area contributed by atoms with Crippen molar-refractivity contribution in [2.75, 3.05) is 50.1 Å². The van der Waals surface area contributed by atoms with Crippen LogP contribution in [0.25, 0.3) is 0 Å². The van der Waals surface area contributed by atoms with Gasteiger partial charge < -0.3 is 24.1 Å². The lowest BCUT2D eigenvalue weighted by Gasteiger charge is -2.36. The summed E-state index contributed by atoms with van der Waals surface area (Å²) in [5.74, 6) is 1.11. The van der Waals surface area contributed by atoms with Crippen LogP contribution in [0.3, 0.4) is 0 Å². The summed E-state index contributed by atoms with van der Waals surface area (Å²) in [4.78, 5) is 29.3. The van der Waals surface area contributed by atoms with Crippen LogP contribution in [0, 0.1) is 13.8 Å².